The predicted octanol–water partition coefficient (Wildman–Crippen LogP) is 3.15. The molecule has 4 rings (SSSR count). The van der Waals surface area contributed by atoms with Gasteiger partial charge in [0, 0.05) is 6.54 Å². The highest BCUT2D eigenvalue weighted by atomic mass is 32.2. The number of anilines is 1. The minimum atomic E-state index is -3.94. The first-order valence-electron chi connectivity index (χ1n) is 10.4. The fourth-order valence-electron chi connectivity index (χ4n) is 3.66. The Hall–Kier alpha value is -3.11. The molecule has 1 atom stereocenters. The lowest BCUT2D eigenvalue weighted by atomic mass is 10.1. The SMILES string of the molecule is CCc1ccc(Cc2nnc(NC(=O)C3CCCN3S(=O)(=O)c3ccc(F)cc3)o2)cc1. The van der Waals surface area contributed by atoms with Crippen LogP contribution in [0, 0.1) is 5.82 Å². The zero-order valence-corrected chi connectivity index (χ0v) is 18.3. The molecule has 1 unspecified atom stereocenters. The molecule has 0 radical (unpaired) electrons. The van der Waals surface area contributed by atoms with E-state index >= 15 is 0 Å². The van der Waals surface area contributed by atoms with Gasteiger partial charge in [-0.2, -0.15) is 4.31 Å². The zero-order chi connectivity index (χ0) is 22.7. The fraction of sp³-hybridized carbons (Fsp3) is 0.318. The van der Waals surface area contributed by atoms with Gasteiger partial charge < -0.3 is 4.42 Å². The zero-order valence-electron chi connectivity index (χ0n) is 17.5. The predicted molar refractivity (Wildman–Crippen MR) is 115 cm³/mol. The van der Waals surface area contributed by atoms with Gasteiger partial charge in [0.1, 0.15) is 11.9 Å². The van der Waals surface area contributed by atoms with E-state index in [0.29, 0.717) is 25.2 Å². The number of hydrogen-bond acceptors (Lipinski definition) is 6. The first-order valence-corrected chi connectivity index (χ1v) is 11.8. The van der Waals surface area contributed by atoms with Crippen molar-refractivity contribution >= 4 is 21.9 Å². The minimum absolute atomic E-state index is 0.0623. The number of sulfonamides is 1. The topological polar surface area (TPSA) is 105 Å². The highest BCUT2D eigenvalue weighted by Crippen LogP contribution is 2.27. The molecule has 0 spiro atoms. The normalized spacial score (nSPS) is 16.9. The van der Waals surface area contributed by atoms with Gasteiger partial charge in [-0.3, -0.25) is 10.1 Å². The van der Waals surface area contributed by atoms with Gasteiger partial charge in [0.2, 0.25) is 21.8 Å². The molecule has 1 amide bonds. The van der Waals surface area contributed by atoms with Gasteiger partial charge in [-0.05, 0) is 54.7 Å². The first-order chi connectivity index (χ1) is 15.4. The number of carbonyl (C=O) groups is 1. The van der Waals surface area contributed by atoms with Crippen LogP contribution < -0.4 is 5.32 Å². The number of nitrogens with one attached hydrogen (secondary N) is 1. The second-order valence-corrected chi connectivity index (χ2v) is 9.46. The Morgan fingerprint density at radius 3 is 2.50 bits per heavy atom. The Bertz CT molecular complexity index is 1190. The van der Waals surface area contributed by atoms with Crippen LogP contribution in [0.5, 0.6) is 0 Å². The number of amides is 1. The summed E-state index contributed by atoms with van der Waals surface area (Å²) in [6.45, 7) is 2.28. The third-order valence-electron chi connectivity index (χ3n) is 5.41. The van der Waals surface area contributed by atoms with E-state index in [1.165, 1.54) is 17.7 Å². The molecule has 1 aliphatic heterocycles. The molecule has 10 heteroatoms. The van der Waals surface area contributed by atoms with Crippen molar-refractivity contribution in [3.8, 4) is 0 Å². The molecule has 1 aromatic heterocycles. The van der Waals surface area contributed by atoms with E-state index in [1.54, 1.807) is 0 Å². The molecular formula is C22H23FN4O4S. The molecule has 1 saturated heterocycles. The number of nitrogens with zero attached hydrogens (tertiary/aromatic N) is 3. The van der Waals surface area contributed by atoms with E-state index < -0.39 is 27.8 Å². The molecule has 2 aromatic carbocycles. The lowest BCUT2D eigenvalue weighted by molar-refractivity contribution is -0.119. The van der Waals surface area contributed by atoms with E-state index in [-0.39, 0.29) is 17.5 Å². The molecule has 3 aromatic rings. The van der Waals surface area contributed by atoms with E-state index in [2.05, 4.69) is 22.4 Å². The van der Waals surface area contributed by atoms with E-state index in [9.17, 15) is 17.6 Å². The molecule has 0 saturated carbocycles. The van der Waals surface area contributed by atoms with Crippen molar-refractivity contribution in [1.82, 2.24) is 14.5 Å². The summed E-state index contributed by atoms with van der Waals surface area (Å²) in [6, 6.07) is 11.6. The van der Waals surface area contributed by atoms with Gasteiger partial charge in [-0.15, -0.1) is 5.10 Å². The van der Waals surface area contributed by atoms with Crippen molar-refractivity contribution < 1.29 is 22.0 Å². The van der Waals surface area contributed by atoms with Crippen molar-refractivity contribution in [1.29, 1.82) is 0 Å². The largest absolute Gasteiger partial charge is 0.407 e. The molecular weight excluding hydrogens is 435 g/mol. The molecule has 0 aliphatic carbocycles. The second kappa shape index (κ2) is 9.17. The number of rotatable bonds is 7. The summed E-state index contributed by atoms with van der Waals surface area (Å²) < 4.78 is 45.7. The minimum Gasteiger partial charge on any atom is -0.407 e. The maximum absolute atomic E-state index is 13.2. The number of aryl methyl sites for hydroxylation is 1. The summed E-state index contributed by atoms with van der Waals surface area (Å²) in [5.41, 5.74) is 2.22. The third-order valence-corrected chi connectivity index (χ3v) is 7.33. The monoisotopic (exact) mass is 458 g/mol. The molecule has 1 aliphatic rings. The van der Waals surface area contributed by atoms with Gasteiger partial charge in [0.05, 0.1) is 11.3 Å². The van der Waals surface area contributed by atoms with E-state index in [0.717, 1.165) is 28.4 Å². The number of benzene rings is 2. The average Bonchev–Trinajstić information content (AvgIpc) is 3.45. The number of carbonyl (C=O) groups excluding carboxylic acids is 1. The number of aromatic nitrogens is 2. The Morgan fingerprint density at radius 1 is 1.12 bits per heavy atom. The second-order valence-electron chi connectivity index (χ2n) is 7.56. The standard InChI is InChI=1S/C22H23FN4O4S/c1-2-15-5-7-16(8-6-15)14-20-25-26-22(31-20)24-21(28)19-4-3-13-27(19)32(29,30)18-11-9-17(23)10-12-18/h5-12,19H,2-4,13-14H2,1H3,(H,24,26,28). The molecule has 1 fully saturated rings. The smallest absolute Gasteiger partial charge is 0.322 e. The van der Waals surface area contributed by atoms with Crippen molar-refractivity contribution in [2.75, 3.05) is 11.9 Å². The van der Waals surface area contributed by atoms with Crippen LogP contribution in [0.4, 0.5) is 10.4 Å². The molecule has 1 N–H and O–H groups in total. The van der Waals surface area contributed by atoms with Crippen LogP contribution in [0.25, 0.3) is 0 Å². The van der Waals surface area contributed by atoms with Crippen LogP contribution in [0.2, 0.25) is 0 Å². The average molecular weight is 459 g/mol. The quantitative estimate of drug-likeness (QED) is 0.583. The highest BCUT2D eigenvalue weighted by Gasteiger charge is 2.39. The third kappa shape index (κ3) is 4.71. The molecule has 0 bridgehead atoms. The van der Waals surface area contributed by atoms with E-state index in [4.69, 9.17) is 4.42 Å². The molecule has 8 nitrogen and oxygen atoms in total. The van der Waals surface area contributed by atoms with Gasteiger partial charge in [-0.1, -0.05) is 36.3 Å². The highest BCUT2D eigenvalue weighted by molar-refractivity contribution is 7.89. The maximum Gasteiger partial charge on any atom is 0.322 e. The Kier molecular flexibility index (Phi) is 6.33. The van der Waals surface area contributed by atoms with Crippen LogP contribution >= 0.6 is 0 Å². The van der Waals surface area contributed by atoms with E-state index in [1.807, 2.05) is 24.3 Å². The fourth-order valence-corrected chi connectivity index (χ4v) is 5.32. The summed E-state index contributed by atoms with van der Waals surface area (Å²) in [7, 11) is -3.94. The van der Waals surface area contributed by atoms with Crippen molar-refractivity contribution in [3.63, 3.8) is 0 Å². The molecule has 168 valence electrons. The first kappa shape index (κ1) is 22.1. The summed E-state index contributed by atoms with van der Waals surface area (Å²) in [5.74, 6) is -0.740. The van der Waals surface area contributed by atoms with Crippen LogP contribution in [-0.4, -0.2) is 41.4 Å². The van der Waals surface area contributed by atoms with Crippen LogP contribution in [0.3, 0.4) is 0 Å². The van der Waals surface area contributed by atoms with Crippen molar-refractivity contribution in [2.24, 2.45) is 0 Å². The summed E-state index contributed by atoms with van der Waals surface area (Å²) in [5, 5.41) is 10.3. The van der Waals surface area contributed by atoms with Gasteiger partial charge in [-0.25, -0.2) is 12.8 Å². The Labute approximate surface area is 185 Å². The number of halogens is 1. The maximum atomic E-state index is 13.2. The van der Waals surface area contributed by atoms with Crippen LogP contribution in [0.15, 0.2) is 57.8 Å². The lowest BCUT2D eigenvalue weighted by Crippen LogP contribution is -2.43. The van der Waals surface area contributed by atoms with Gasteiger partial charge in [0.15, 0.2) is 0 Å². The summed E-state index contributed by atoms with van der Waals surface area (Å²) >= 11 is 0. The van der Waals surface area contributed by atoms with Crippen LogP contribution in [-0.2, 0) is 27.7 Å². The molecule has 32 heavy (non-hydrogen) atoms. The Balaban J connectivity index is 1.43. The number of hydrogen-bond donors (Lipinski definition) is 1. The Morgan fingerprint density at radius 2 is 1.81 bits per heavy atom. The van der Waals surface area contributed by atoms with Crippen molar-refractivity contribution in [2.45, 2.75) is 43.5 Å². The van der Waals surface area contributed by atoms with Gasteiger partial charge >= 0.3 is 6.01 Å². The van der Waals surface area contributed by atoms with Crippen molar-refractivity contribution in [3.05, 3.63) is 71.4 Å². The summed E-state index contributed by atoms with van der Waals surface area (Å²) in [4.78, 5) is 12.7. The molecule has 2 heterocycles. The van der Waals surface area contributed by atoms with Crippen LogP contribution in [0.1, 0.15) is 36.8 Å². The van der Waals surface area contributed by atoms with Gasteiger partial charge in [0.25, 0.3) is 0 Å². The summed E-state index contributed by atoms with van der Waals surface area (Å²) in [6.07, 6.45) is 2.26. The lowest BCUT2D eigenvalue weighted by Gasteiger charge is -2.22.